The smallest absolute Gasteiger partial charge is 0.251 e. The Morgan fingerprint density at radius 1 is 1.41 bits per heavy atom. The Bertz CT molecular complexity index is 686. The summed E-state index contributed by atoms with van der Waals surface area (Å²) in [4.78, 5) is 14.5. The second kappa shape index (κ2) is 6.06. The van der Waals surface area contributed by atoms with Crippen molar-refractivity contribution >= 4 is 23.2 Å². The van der Waals surface area contributed by atoms with E-state index in [1.165, 1.54) is 4.68 Å². The molecular weight excluding hydrogens is 304 g/mol. The van der Waals surface area contributed by atoms with Gasteiger partial charge in [0.05, 0.1) is 23.0 Å². The lowest BCUT2D eigenvalue weighted by Crippen LogP contribution is -2.42. The van der Waals surface area contributed by atoms with E-state index < -0.39 is 12.1 Å². The predicted molar refractivity (Wildman–Crippen MR) is 82.7 cm³/mol. The van der Waals surface area contributed by atoms with Gasteiger partial charge >= 0.3 is 0 Å². The third-order valence-electron chi connectivity index (χ3n) is 3.83. The Morgan fingerprint density at radius 3 is 2.86 bits per heavy atom. The lowest BCUT2D eigenvalue weighted by molar-refractivity contribution is -0.123. The van der Waals surface area contributed by atoms with Crippen LogP contribution in [0, 0.1) is 0 Å². The maximum absolute atomic E-state index is 12.8. The number of halogens is 1. The molecule has 2 atom stereocenters. The third-order valence-corrected chi connectivity index (χ3v) is 4.15. The van der Waals surface area contributed by atoms with Crippen LogP contribution in [0.1, 0.15) is 37.6 Å². The lowest BCUT2D eigenvalue weighted by Gasteiger charge is -2.32. The highest BCUT2D eigenvalue weighted by atomic mass is 35.5. The minimum atomic E-state index is -0.702. The number of carbonyl (C=O) groups is 1. The molecule has 2 aromatic rings. The van der Waals surface area contributed by atoms with E-state index in [9.17, 15) is 9.90 Å². The first-order valence-corrected chi connectivity index (χ1v) is 7.61. The number of nitrogens with zero attached hydrogens (tertiary/aromatic N) is 4. The second-order valence-corrected chi connectivity index (χ2v) is 5.81. The molecule has 0 saturated carbocycles. The Kier molecular flexibility index (Phi) is 4.13. The number of hydrogen-bond acceptors (Lipinski definition) is 4. The maximum Gasteiger partial charge on any atom is 0.251 e. The average Bonchev–Trinajstić information content (AvgIpc) is 2.98. The number of anilines is 1. The number of amides is 1. The summed E-state index contributed by atoms with van der Waals surface area (Å²) < 4.78 is 1.54. The van der Waals surface area contributed by atoms with Gasteiger partial charge in [0.1, 0.15) is 11.7 Å². The number of rotatable bonds is 3. The summed E-state index contributed by atoms with van der Waals surface area (Å²) in [6.07, 6.45) is 2.48. The second-order valence-electron chi connectivity index (χ2n) is 5.40. The summed E-state index contributed by atoms with van der Waals surface area (Å²) in [5.41, 5.74) is 1.18. The molecule has 0 spiro atoms. The topological polar surface area (TPSA) is 71.2 Å². The normalized spacial score (nSPS) is 20.2. The SMILES string of the molecule is CC(O)c1cn(C2CCCN(c3ccccc3Cl)C2=O)nn1. The van der Waals surface area contributed by atoms with Crippen LogP contribution < -0.4 is 4.90 Å². The molecule has 3 rings (SSSR count). The van der Waals surface area contributed by atoms with Crippen LogP contribution in [-0.2, 0) is 4.79 Å². The Labute approximate surface area is 133 Å². The number of hydrogen-bond donors (Lipinski definition) is 1. The Hall–Kier alpha value is -1.92. The standard InChI is InChI=1S/C15H17ClN4O2/c1-10(21)12-9-20(18-17-12)14-7-4-8-19(15(14)22)13-6-3-2-5-11(13)16/h2-3,5-6,9-10,14,21H,4,7-8H2,1H3. The van der Waals surface area contributed by atoms with Crippen LogP contribution in [0.4, 0.5) is 5.69 Å². The highest BCUT2D eigenvalue weighted by Crippen LogP contribution is 2.31. The minimum Gasteiger partial charge on any atom is -0.387 e. The van der Waals surface area contributed by atoms with Crippen molar-refractivity contribution in [3.8, 4) is 0 Å². The number of piperidine rings is 1. The van der Waals surface area contributed by atoms with Crippen LogP contribution in [0.15, 0.2) is 30.5 Å². The molecule has 1 aromatic heterocycles. The van der Waals surface area contributed by atoms with E-state index in [-0.39, 0.29) is 5.91 Å². The molecule has 6 nitrogen and oxygen atoms in total. The first-order chi connectivity index (χ1) is 10.6. The molecule has 22 heavy (non-hydrogen) atoms. The van der Waals surface area contributed by atoms with Crippen molar-refractivity contribution < 1.29 is 9.90 Å². The largest absolute Gasteiger partial charge is 0.387 e. The molecule has 116 valence electrons. The van der Waals surface area contributed by atoms with Crippen LogP contribution >= 0.6 is 11.6 Å². The van der Waals surface area contributed by atoms with Gasteiger partial charge in [-0.25, -0.2) is 4.68 Å². The third kappa shape index (κ3) is 2.71. The molecule has 1 saturated heterocycles. The fraction of sp³-hybridized carbons (Fsp3) is 0.400. The maximum atomic E-state index is 12.8. The van der Waals surface area contributed by atoms with E-state index in [0.717, 1.165) is 12.1 Å². The van der Waals surface area contributed by atoms with Gasteiger partial charge in [-0.2, -0.15) is 0 Å². The summed E-state index contributed by atoms with van der Waals surface area (Å²) in [5, 5.41) is 18.0. The Balaban J connectivity index is 1.88. The fourth-order valence-corrected chi connectivity index (χ4v) is 2.88. The van der Waals surface area contributed by atoms with Crippen LogP contribution in [0.5, 0.6) is 0 Å². The summed E-state index contributed by atoms with van der Waals surface area (Å²) in [6, 6.07) is 6.90. The van der Waals surface area contributed by atoms with Crippen molar-refractivity contribution in [3.05, 3.63) is 41.2 Å². The highest BCUT2D eigenvalue weighted by Gasteiger charge is 2.32. The van der Waals surface area contributed by atoms with Gasteiger partial charge in [0.25, 0.3) is 5.91 Å². The Morgan fingerprint density at radius 2 is 2.18 bits per heavy atom. The molecular formula is C15H17ClN4O2. The van der Waals surface area contributed by atoms with Crippen molar-refractivity contribution in [3.63, 3.8) is 0 Å². The zero-order chi connectivity index (χ0) is 15.7. The van der Waals surface area contributed by atoms with Crippen LogP contribution in [0.3, 0.4) is 0 Å². The lowest BCUT2D eigenvalue weighted by atomic mass is 10.0. The number of carbonyl (C=O) groups excluding carboxylic acids is 1. The average molecular weight is 321 g/mol. The molecule has 2 unspecified atom stereocenters. The van der Waals surface area contributed by atoms with Gasteiger partial charge in [0.2, 0.25) is 0 Å². The molecule has 1 amide bonds. The molecule has 1 aromatic carbocycles. The van der Waals surface area contributed by atoms with Crippen molar-refractivity contribution in [2.75, 3.05) is 11.4 Å². The number of aliphatic hydroxyl groups is 1. The molecule has 0 aliphatic carbocycles. The van der Waals surface area contributed by atoms with E-state index in [1.54, 1.807) is 24.1 Å². The van der Waals surface area contributed by atoms with Gasteiger partial charge in [-0.15, -0.1) is 5.10 Å². The molecule has 7 heteroatoms. The van der Waals surface area contributed by atoms with Crippen LogP contribution in [-0.4, -0.2) is 32.6 Å². The van der Waals surface area contributed by atoms with Crippen molar-refractivity contribution in [2.45, 2.75) is 31.9 Å². The van der Waals surface area contributed by atoms with Crippen molar-refractivity contribution in [1.29, 1.82) is 0 Å². The quantitative estimate of drug-likeness (QED) is 0.942. The molecule has 2 heterocycles. The van der Waals surface area contributed by atoms with Gasteiger partial charge in [-0.3, -0.25) is 4.79 Å². The molecule has 1 fully saturated rings. The predicted octanol–water partition coefficient (Wildman–Crippen LogP) is 2.35. The minimum absolute atomic E-state index is 0.0543. The summed E-state index contributed by atoms with van der Waals surface area (Å²) in [7, 11) is 0. The van der Waals surface area contributed by atoms with Crippen molar-refractivity contribution in [2.24, 2.45) is 0 Å². The van der Waals surface area contributed by atoms with Crippen molar-refractivity contribution in [1.82, 2.24) is 15.0 Å². The van der Waals surface area contributed by atoms with E-state index in [0.29, 0.717) is 23.7 Å². The van der Waals surface area contributed by atoms with E-state index in [4.69, 9.17) is 11.6 Å². The molecule has 0 radical (unpaired) electrons. The zero-order valence-corrected chi connectivity index (χ0v) is 12.9. The summed E-state index contributed by atoms with van der Waals surface area (Å²) in [6.45, 7) is 2.25. The molecule has 1 aliphatic heterocycles. The molecule has 0 bridgehead atoms. The monoisotopic (exact) mass is 320 g/mol. The van der Waals surface area contributed by atoms with E-state index in [1.807, 2.05) is 18.2 Å². The number of aromatic nitrogens is 3. The van der Waals surface area contributed by atoms with Crippen LogP contribution in [0.25, 0.3) is 0 Å². The summed E-state index contributed by atoms with van der Waals surface area (Å²) >= 11 is 6.20. The first kappa shape index (κ1) is 15.0. The highest BCUT2D eigenvalue weighted by molar-refractivity contribution is 6.33. The van der Waals surface area contributed by atoms with Gasteiger partial charge < -0.3 is 10.0 Å². The summed E-state index contributed by atoms with van der Waals surface area (Å²) in [5.74, 6) is -0.0543. The van der Waals surface area contributed by atoms with Gasteiger partial charge in [-0.1, -0.05) is 28.9 Å². The molecule has 1 N–H and O–H groups in total. The van der Waals surface area contributed by atoms with E-state index >= 15 is 0 Å². The van der Waals surface area contributed by atoms with Gasteiger partial charge in [0, 0.05) is 6.54 Å². The van der Waals surface area contributed by atoms with E-state index in [2.05, 4.69) is 10.3 Å². The first-order valence-electron chi connectivity index (χ1n) is 7.23. The molecule has 1 aliphatic rings. The zero-order valence-electron chi connectivity index (χ0n) is 12.2. The number of para-hydroxylation sites is 1. The van der Waals surface area contributed by atoms with Crippen LogP contribution in [0.2, 0.25) is 5.02 Å². The van der Waals surface area contributed by atoms with Gasteiger partial charge in [0.15, 0.2) is 0 Å². The number of benzene rings is 1. The number of aliphatic hydroxyl groups excluding tert-OH is 1. The fourth-order valence-electron chi connectivity index (χ4n) is 2.65. The van der Waals surface area contributed by atoms with Gasteiger partial charge in [-0.05, 0) is 31.9 Å².